The van der Waals surface area contributed by atoms with Gasteiger partial charge >= 0.3 is 0 Å². The predicted octanol–water partition coefficient (Wildman–Crippen LogP) is 4.82. The summed E-state index contributed by atoms with van der Waals surface area (Å²) >= 11 is 0. The summed E-state index contributed by atoms with van der Waals surface area (Å²) in [6.45, 7) is 10.5. The van der Waals surface area contributed by atoms with Crippen LogP contribution in [-0.2, 0) is 29.0 Å². The maximum Gasteiger partial charge on any atom is 0.243 e. The molecule has 2 aromatic carbocycles. The van der Waals surface area contributed by atoms with Crippen molar-refractivity contribution in [3.63, 3.8) is 0 Å². The van der Waals surface area contributed by atoms with Gasteiger partial charge in [0.25, 0.3) is 0 Å². The van der Waals surface area contributed by atoms with Crippen LogP contribution in [0, 0.1) is 6.92 Å². The molecule has 1 N–H and O–H groups in total. The lowest BCUT2D eigenvalue weighted by Gasteiger charge is -2.31. The molecule has 4 nitrogen and oxygen atoms in total. The van der Waals surface area contributed by atoms with Gasteiger partial charge in [-0.25, -0.2) is 0 Å². The molecule has 2 rings (SSSR count). The number of carbonyl (C=O) groups is 2. The van der Waals surface area contributed by atoms with Crippen molar-refractivity contribution >= 4 is 11.8 Å². The Morgan fingerprint density at radius 2 is 1.63 bits per heavy atom. The van der Waals surface area contributed by atoms with E-state index in [4.69, 9.17) is 0 Å². The molecule has 30 heavy (non-hydrogen) atoms. The molecule has 1 atom stereocenters. The van der Waals surface area contributed by atoms with Crippen LogP contribution in [-0.4, -0.2) is 28.8 Å². The van der Waals surface area contributed by atoms with E-state index in [0.717, 1.165) is 23.1 Å². The number of benzene rings is 2. The fourth-order valence-electron chi connectivity index (χ4n) is 3.64. The molecule has 162 valence electrons. The van der Waals surface area contributed by atoms with Gasteiger partial charge in [-0.15, -0.1) is 0 Å². The molecule has 0 saturated heterocycles. The molecule has 2 amide bonds. The summed E-state index contributed by atoms with van der Waals surface area (Å²) in [7, 11) is 0. The monoisotopic (exact) mass is 408 g/mol. The Bertz CT molecular complexity index is 827. The van der Waals surface area contributed by atoms with Crippen LogP contribution in [0.1, 0.15) is 62.8 Å². The number of hydrogen-bond acceptors (Lipinski definition) is 2. The number of amides is 2. The maximum atomic E-state index is 13.3. The minimum absolute atomic E-state index is 0.0156. The molecular weight excluding hydrogens is 372 g/mol. The molecule has 2 aromatic rings. The summed E-state index contributed by atoms with van der Waals surface area (Å²) in [5.41, 5.74) is 4.64. The largest absolute Gasteiger partial charge is 0.352 e. The van der Waals surface area contributed by atoms with Gasteiger partial charge in [0.1, 0.15) is 6.04 Å². The fourth-order valence-corrected chi connectivity index (χ4v) is 3.64. The zero-order valence-corrected chi connectivity index (χ0v) is 19.1. The molecule has 0 aliphatic carbocycles. The van der Waals surface area contributed by atoms with Gasteiger partial charge in [-0.3, -0.25) is 9.59 Å². The number of rotatable bonds is 10. The minimum atomic E-state index is -0.470. The maximum absolute atomic E-state index is 13.3. The normalized spacial score (nSPS) is 11.9. The molecule has 0 heterocycles. The second kappa shape index (κ2) is 11.5. The van der Waals surface area contributed by atoms with Crippen LogP contribution in [0.4, 0.5) is 0 Å². The minimum Gasteiger partial charge on any atom is -0.352 e. The summed E-state index contributed by atoms with van der Waals surface area (Å²) in [5.74, 6) is -0.0670. The third kappa shape index (κ3) is 7.01. The van der Waals surface area contributed by atoms with Gasteiger partial charge in [-0.2, -0.15) is 0 Å². The predicted molar refractivity (Wildman–Crippen MR) is 123 cm³/mol. The Morgan fingerprint density at radius 3 is 2.20 bits per heavy atom. The van der Waals surface area contributed by atoms with Crippen LogP contribution in [0.3, 0.4) is 0 Å². The Kier molecular flexibility index (Phi) is 9.10. The lowest BCUT2D eigenvalue weighted by Crippen LogP contribution is -2.50. The zero-order valence-electron chi connectivity index (χ0n) is 19.1. The van der Waals surface area contributed by atoms with Gasteiger partial charge in [0, 0.05) is 19.0 Å². The van der Waals surface area contributed by atoms with Crippen LogP contribution >= 0.6 is 0 Å². The number of aryl methyl sites for hydroxylation is 3. The first-order valence-corrected chi connectivity index (χ1v) is 11.1. The van der Waals surface area contributed by atoms with Crippen molar-refractivity contribution in [1.82, 2.24) is 10.2 Å². The number of hydrogen-bond donors (Lipinski definition) is 1. The van der Waals surface area contributed by atoms with E-state index >= 15 is 0 Å². The van der Waals surface area contributed by atoms with Crippen LogP contribution in [0.15, 0.2) is 48.5 Å². The topological polar surface area (TPSA) is 49.4 Å². The molecule has 0 bridgehead atoms. The summed E-state index contributed by atoms with van der Waals surface area (Å²) in [4.78, 5) is 27.8. The van der Waals surface area contributed by atoms with Gasteiger partial charge in [0.2, 0.25) is 11.8 Å². The van der Waals surface area contributed by atoms with Gasteiger partial charge in [-0.1, -0.05) is 67.9 Å². The van der Waals surface area contributed by atoms with Gasteiger partial charge in [0.05, 0.1) is 0 Å². The molecule has 0 unspecified atom stereocenters. The Morgan fingerprint density at radius 1 is 0.967 bits per heavy atom. The van der Waals surface area contributed by atoms with E-state index in [0.29, 0.717) is 25.8 Å². The van der Waals surface area contributed by atoms with E-state index in [9.17, 15) is 9.59 Å². The highest BCUT2D eigenvalue weighted by molar-refractivity contribution is 5.87. The van der Waals surface area contributed by atoms with Crippen molar-refractivity contribution in [3.05, 3.63) is 70.8 Å². The smallest absolute Gasteiger partial charge is 0.243 e. The Balaban J connectivity index is 2.18. The third-order valence-electron chi connectivity index (χ3n) is 5.31. The molecule has 0 spiro atoms. The van der Waals surface area contributed by atoms with Crippen LogP contribution < -0.4 is 5.32 Å². The van der Waals surface area contributed by atoms with Crippen molar-refractivity contribution in [2.75, 3.05) is 0 Å². The highest BCUT2D eigenvalue weighted by Crippen LogP contribution is 2.16. The second-order valence-electron chi connectivity index (χ2n) is 8.27. The molecule has 0 saturated carbocycles. The summed E-state index contributed by atoms with van der Waals surface area (Å²) in [6, 6.07) is 16.1. The average molecular weight is 409 g/mol. The van der Waals surface area contributed by atoms with Crippen molar-refractivity contribution in [1.29, 1.82) is 0 Å². The van der Waals surface area contributed by atoms with Crippen molar-refractivity contribution in [3.8, 4) is 0 Å². The van der Waals surface area contributed by atoms with E-state index in [1.807, 2.05) is 45.9 Å². The first-order valence-electron chi connectivity index (χ1n) is 11.1. The molecule has 0 radical (unpaired) electrons. The summed E-state index contributed by atoms with van der Waals surface area (Å²) in [6.07, 6.45) is 2.66. The van der Waals surface area contributed by atoms with E-state index < -0.39 is 6.04 Å². The van der Waals surface area contributed by atoms with E-state index in [2.05, 4.69) is 42.6 Å². The van der Waals surface area contributed by atoms with Crippen LogP contribution in [0.5, 0.6) is 0 Å². The Labute approximate surface area is 181 Å². The lowest BCUT2D eigenvalue weighted by molar-refractivity contribution is -0.141. The zero-order chi connectivity index (χ0) is 22.1. The third-order valence-corrected chi connectivity index (χ3v) is 5.31. The highest BCUT2D eigenvalue weighted by Gasteiger charge is 2.28. The number of nitrogens with zero attached hydrogens (tertiary/aromatic N) is 1. The molecular formula is C26H36N2O2. The number of nitrogens with one attached hydrogen (secondary N) is 1. The standard InChI is InChI=1S/C26H36N2O2/c1-6-21-11-13-22(14-12-21)15-16-25(29)28(18-23-10-8-9-20(5)17-23)24(7-2)26(30)27-19(3)4/h8-14,17,19,24H,6-7,15-16,18H2,1-5H3,(H,27,30)/t24-/m0/s1. The van der Waals surface area contributed by atoms with E-state index in [1.165, 1.54) is 5.56 Å². The fraction of sp³-hybridized carbons (Fsp3) is 0.462. The van der Waals surface area contributed by atoms with Crippen LogP contribution in [0.25, 0.3) is 0 Å². The lowest BCUT2D eigenvalue weighted by atomic mass is 10.0. The van der Waals surface area contributed by atoms with Crippen molar-refractivity contribution in [2.24, 2.45) is 0 Å². The number of carbonyl (C=O) groups excluding carboxylic acids is 2. The van der Waals surface area contributed by atoms with Crippen molar-refractivity contribution < 1.29 is 9.59 Å². The molecule has 0 aromatic heterocycles. The molecule has 0 aliphatic heterocycles. The first kappa shape index (κ1) is 23.7. The van der Waals surface area contributed by atoms with Crippen LogP contribution in [0.2, 0.25) is 0 Å². The SMILES string of the molecule is CCc1ccc(CCC(=O)N(Cc2cccc(C)c2)[C@@H](CC)C(=O)NC(C)C)cc1. The van der Waals surface area contributed by atoms with Gasteiger partial charge in [-0.05, 0) is 56.7 Å². The summed E-state index contributed by atoms with van der Waals surface area (Å²) < 4.78 is 0. The second-order valence-corrected chi connectivity index (χ2v) is 8.27. The molecule has 0 fully saturated rings. The van der Waals surface area contributed by atoms with E-state index in [1.54, 1.807) is 4.90 Å². The molecule has 4 heteroatoms. The summed E-state index contributed by atoms with van der Waals surface area (Å²) in [5, 5.41) is 2.98. The van der Waals surface area contributed by atoms with Gasteiger partial charge < -0.3 is 10.2 Å². The van der Waals surface area contributed by atoms with Gasteiger partial charge in [0.15, 0.2) is 0 Å². The average Bonchev–Trinajstić information content (AvgIpc) is 2.71. The molecule has 0 aliphatic rings. The van der Waals surface area contributed by atoms with Crippen molar-refractivity contribution in [2.45, 2.75) is 78.9 Å². The Hall–Kier alpha value is -2.62. The highest BCUT2D eigenvalue weighted by atomic mass is 16.2. The van der Waals surface area contributed by atoms with E-state index in [-0.39, 0.29) is 17.9 Å². The quantitative estimate of drug-likeness (QED) is 0.613. The first-order chi connectivity index (χ1) is 14.3.